The number of anilines is 1. The molecule has 0 bridgehead atoms. The van der Waals surface area contributed by atoms with Gasteiger partial charge in [-0.05, 0) is 19.1 Å². The first-order chi connectivity index (χ1) is 9.33. The molecule has 0 spiro atoms. The molecular weight excluding hydrogens is 350 g/mol. The highest BCUT2D eigenvalue weighted by molar-refractivity contribution is 7.93. The number of sulfonamides is 1. The summed E-state index contributed by atoms with van der Waals surface area (Å²) in [5.41, 5.74) is -2.55. The van der Waals surface area contributed by atoms with E-state index in [1.807, 2.05) is 0 Å². The van der Waals surface area contributed by atoms with E-state index in [9.17, 15) is 25.3 Å². The standard InChI is InChI=1S/C8H11NO9S3/c1-6(18-21(15,16)17)19(10,11)9-7-4-2-3-5-8(7)20(12,13)14/h2-6,9H,1H3,(H,12,13,14)(H,15,16,17). The third-order valence-corrected chi connectivity index (χ3v) is 5.15. The van der Waals surface area contributed by atoms with Gasteiger partial charge in [-0.15, -0.1) is 0 Å². The summed E-state index contributed by atoms with van der Waals surface area (Å²) in [5, 5.41) is 0. The Labute approximate surface area is 121 Å². The molecule has 0 radical (unpaired) electrons. The molecule has 0 aliphatic carbocycles. The molecule has 0 saturated carbocycles. The summed E-state index contributed by atoms with van der Waals surface area (Å²) in [5.74, 6) is 0. The summed E-state index contributed by atoms with van der Waals surface area (Å²) in [6.45, 7) is 0.798. The Balaban J connectivity index is 3.17. The Morgan fingerprint density at radius 3 is 2.05 bits per heavy atom. The second-order valence-electron chi connectivity index (χ2n) is 3.71. The van der Waals surface area contributed by atoms with Crippen molar-refractivity contribution < 1.29 is 38.5 Å². The zero-order valence-electron chi connectivity index (χ0n) is 10.4. The van der Waals surface area contributed by atoms with Gasteiger partial charge in [0.05, 0.1) is 5.69 Å². The minimum Gasteiger partial charge on any atom is -0.282 e. The quantitative estimate of drug-likeness (QED) is 0.584. The third kappa shape index (κ3) is 5.22. The zero-order valence-corrected chi connectivity index (χ0v) is 12.8. The van der Waals surface area contributed by atoms with Crippen LogP contribution in [0.4, 0.5) is 5.69 Å². The molecule has 3 N–H and O–H groups in total. The van der Waals surface area contributed by atoms with E-state index < -0.39 is 46.6 Å². The maximum Gasteiger partial charge on any atom is 0.398 e. The van der Waals surface area contributed by atoms with E-state index in [1.165, 1.54) is 12.1 Å². The summed E-state index contributed by atoms with van der Waals surface area (Å²) in [4.78, 5) is -0.729. The molecule has 0 aliphatic heterocycles. The summed E-state index contributed by atoms with van der Waals surface area (Å²) >= 11 is 0. The molecule has 13 heteroatoms. The molecule has 1 rings (SSSR count). The smallest absolute Gasteiger partial charge is 0.282 e. The average molecular weight is 361 g/mol. The van der Waals surface area contributed by atoms with Crippen LogP contribution < -0.4 is 4.72 Å². The Hall–Kier alpha value is -1.25. The Morgan fingerprint density at radius 2 is 1.57 bits per heavy atom. The van der Waals surface area contributed by atoms with E-state index in [1.54, 1.807) is 4.72 Å². The van der Waals surface area contributed by atoms with Crippen molar-refractivity contribution in [2.45, 2.75) is 17.3 Å². The average Bonchev–Trinajstić information content (AvgIpc) is 2.25. The minimum absolute atomic E-state index is 0.509. The largest absolute Gasteiger partial charge is 0.398 e. The van der Waals surface area contributed by atoms with Crippen LogP contribution in [0.3, 0.4) is 0 Å². The van der Waals surface area contributed by atoms with Gasteiger partial charge in [0.15, 0.2) is 5.44 Å². The summed E-state index contributed by atoms with van der Waals surface area (Å²) in [7, 11) is -14.2. The van der Waals surface area contributed by atoms with Gasteiger partial charge in [-0.3, -0.25) is 13.8 Å². The first kappa shape index (κ1) is 17.8. The first-order valence-electron chi connectivity index (χ1n) is 5.07. The second kappa shape index (κ2) is 5.86. The number of hydrogen-bond acceptors (Lipinski definition) is 7. The van der Waals surface area contributed by atoms with Crippen LogP contribution in [0.15, 0.2) is 29.2 Å². The fourth-order valence-corrected chi connectivity index (χ4v) is 3.65. The van der Waals surface area contributed by atoms with Crippen LogP contribution >= 0.6 is 0 Å². The van der Waals surface area contributed by atoms with Crippen molar-refractivity contribution >= 4 is 36.2 Å². The molecule has 0 aliphatic rings. The molecule has 1 aromatic rings. The molecule has 0 saturated heterocycles. The second-order valence-corrected chi connectivity index (χ2v) is 8.11. The molecule has 0 fully saturated rings. The van der Waals surface area contributed by atoms with E-state index in [2.05, 4.69) is 4.18 Å². The van der Waals surface area contributed by atoms with Crippen LogP contribution in [0.5, 0.6) is 0 Å². The number of rotatable bonds is 6. The van der Waals surface area contributed by atoms with Gasteiger partial charge in [0.2, 0.25) is 0 Å². The number of nitrogens with one attached hydrogen (secondary N) is 1. The Morgan fingerprint density at radius 1 is 1.05 bits per heavy atom. The Bertz CT molecular complexity index is 825. The topological polar surface area (TPSA) is 164 Å². The molecule has 1 atom stereocenters. The molecule has 21 heavy (non-hydrogen) atoms. The molecular formula is C8H11NO9S3. The number of hydrogen-bond donors (Lipinski definition) is 3. The molecule has 120 valence electrons. The van der Waals surface area contributed by atoms with Gasteiger partial charge in [-0.25, -0.2) is 12.6 Å². The van der Waals surface area contributed by atoms with Gasteiger partial charge in [0, 0.05) is 0 Å². The van der Waals surface area contributed by atoms with Crippen LogP contribution in [0, 0.1) is 0 Å². The molecule has 0 heterocycles. The Kier molecular flexibility index (Phi) is 4.97. The lowest BCUT2D eigenvalue weighted by molar-refractivity contribution is 0.252. The van der Waals surface area contributed by atoms with Crippen LogP contribution in [0.2, 0.25) is 0 Å². The van der Waals surface area contributed by atoms with Crippen molar-refractivity contribution in [3.8, 4) is 0 Å². The predicted octanol–water partition coefficient (Wildman–Crippen LogP) is -0.160. The molecule has 1 unspecified atom stereocenters. The number of benzene rings is 1. The zero-order chi connectivity index (χ0) is 16.5. The number of para-hydroxylation sites is 1. The van der Waals surface area contributed by atoms with Crippen LogP contribution in [-0.2, 0) is 34.7 Å². The van der Waals surface area contributed by atoms with Gasteiger partial charge in [-0.2, -0.15) is 16.8 Å². The SMILES string of the molecule is CC(OS(=O)(=O)O)S(=O)(=O)Nc1ccccc1S(=O)(=O)O. The lowest BCUT2D eigenvalue weighted by Gasteiger charge is -2.15. The summed E-state index contributed by atoms with van der Waals surface area (Å²) < 4.78 is 89.7. The molecule has 1 aromatic carbocycles. The fraction of sp³-hybridized carbons (Fsp3) is 0.250. The minimum atomic E-state index is -5.02. The van der Waals surface area contributed by atoms with Gasteiger partial charge in [0.25, 0.3) is 20.1 Å². The first-order valence-corrected chi connectivity index (χ1v) is 9.42. The van der Waals surface area contributed by atoms with Crippen molar-refractivity contribution in [2.75, 3.05) is 4.72 Å². The maximum absolute atomic E-state index is 11.8. The van der Waals surface area contributed by atoms with Crippen LogP contribution in [0.25, 0.3) is 0 Å². The predicted molar refractivity (Wildman–Crippen MR) is 70.9 cm³/mol. The van der Waals surface area contributed by atoms with Crippen molar-refractivity contribution in [3.05, 3.63) is 24.3 Å². The van der Waals surface area contributed by atoms with Crippen LogP contribution in [0.1, 0.15) is 6.92 Å². The van der Waals surface area contributed by atoms with E-state index in [4.69, 9.17) is 9.11 Å². The van der Waals surface area contributed by atoms with Gasteiger partial charge < -0.3 is 0 Å². The van der Waals surface area contributed by atoms with E-state index in [0.717, 1.165) is 19.1 Å². The van der Waals surface area contributed by atoms with Crippen LogP contribution in [-0.4, -0.2) is 39.8 Å². The highest BCUT2D eigenvalue weighted by Gasteiger charge is 2.28. The molecule has 10 nitrogen and oxygen atoms in total. The fourth-order valence-electron chi connectivity index (χ4n) is 1.24. The summed E-state index contributed by atoms with van der Waals surface area (Å²) in [6, 6.07) is 4.47. The monoisotopic (exact) mass is 361 g/mol. The van der Waals surface area contributed by atoms with Gasteiger partial charge in [0.1, 0.15) is 4.90 Å². The van der Waals surface area contributed by atoms with Crippen molar-refractivity contribution in [1.29, 1.82) is 0 Å². The van der Waals surface area contributed by atoms with Crippen molar-refractivity contribution in [3.63, 3.8) is 0 Å². The van der Waals surface area contributed by atoms with Gasteiger partial charge in [-0.1, -0.05) is 12.1 Å². The maximum atomic E-state index is 11.8. The summed E-state index contributed by atoms with van der Waals surface area (Å²) in [6.07, 6.45) is 0. The third-order valence-electron chi connectivity index (χ3n) is 2.11. The molecule has 0 aromatic heterocycles. The van der Waals surface area contributed by atoms with Gasteiger partial charge >= 0.3 is 10.4 Å². The lowest BCUT2D eigenvalue weighted by atomic mass is 10.3. The normalized spacial score (nSPS) is 14.6. The highest BCUT2D eigenvalue weighted by atomic mass is 32.3. The molecule has 0 amide bonds. The van der Waals surface area contributed by atoms with E-state index in [0.29, 0.717) is 0 Å². The van der Waals surface area contributed by atoms with E-state index in [-0.39, 0.29) is 0 Å². The highest BCUT2D eigenvalue weighted by Crippen LogP contribution is 2.22. The van der Waals surface area contributed by atoms with Crippen molar-refractivity contribution in [2.24, 2.45) is 0 Å². The lowest BCUT2D eigenvalue weighted by Crippen LogP contribution is -2.30. The van der Waals surface area contributed by atoms with E-state index >= 15 is 0 Å². The van der Waals surface area contributed by atoms with Crippen molar-refractivity contribution in [1.82, 2.24) is 0 Å².